The summed E-state index contributed by atoms with van der Waals surface area (Å²) >= 11 is 10.9. The van der Waals surface area contributed by atoms with Gasteiger partial charge >= 0.3 is 82.0 Å². The van der Waals surface area contributed by atoms with Gasteiger partial charge in [-0.1, -0.05) is 169 Å². The number of ether oxygens (including phenoxy) is 3. The number of amides is 6. The fourth-order valence-electron chi connectivity index (χ4n) is 13.6. The molecule has 540 valence electrons. The molecule has 3 fully saturated rings. The zero-order chi connectivity index (χ0) is 73.3. The Balaban J connectivity index is 0.000000251. The molecule has 6 heterocycles. The number of hydrogen-bond acceptors (Lipinski definition) is 12. The average Bonchev–Trinajstić information content (AvgIpc) is 1.65. The van der Waals surface area contributed by atoms with Crippen LogP contribution in [0.1, 0.15) is 129 Å². The van der Waals surface area contributed by atoms with Crippen LogP contribution < -0.4 is 16.0 Å². The Bertz CT molecular complexity index is 4180. The molecule has 11 rings (SSSR count). The summed E-state index contributed by atoms with van der Waals surface area (Å²) in [6.07, 6.45) is 0.495. The van der Waals surface area contributed by atoms with Gasteiger partial charge in [0.2, 0.25) is 17.7 Å². The van der Waals surface area contributed by atoms with E-state index < -0.39 is 36.4 Å². The number of carbonyl (C=O) groups excluding carboxylic acids is 6. The SMILES string of the molecule is COC(=O)N[C@H](C(=O)N1C[C@@H](C)C[C@H]1c1nc(-c2ccc(-c3ccc(-c4ccc5nc([C@@H]6C[C@H](C)CN6C(=O)[C@@H](NC(=O)OC)C(C)C)[nH]c5c4)cc3)cc2)c(C)[nH]1)C(C)C.COC(=O)N[C@H](C(=O)N1C[C@@H](C)C[C@H]1c1nc(-c2ccc(-c3ccc(Br)cc3)cc2)c(C)[nH]1)C(C)C.II(I)I. The number of aromatic nitrogens is 6. The number of H-pyrrole nitrogens is 3. The van der Waals surface area contributed by atoms with Crippen molar-refractivity contribution >= 4 is 127 Å². The number of methoxy groups -OCH3 is 3. The van der Waals surface area contributed by atoms with Gasteiger partial charge in [0.05, 0.1) is 61.9 Å². The number of nitrogens with one attached hydrogen (secondary N) is 6. The van der Waals surface area contributed by atoms with Crippen LogP contribution >= 0.6 is 79.7 Å². The summed E-state index contributed by atoms with van der Waals surface area (Å²) in [5.41, 5.74) is 13.9. The van der Waals surface area contributed by atoms with E-state index in [9.17, 15) is 28.8 Å². The quantitative estimate of drug-likeness (QED) is 0.0367. The number of fused-ring (bicyclic) bond motifs is 1. The van der Waals surface area contributed by atoms with E-state index in [1.54, 1.807) is 0 Å². The van der Waals surface area contributed by atoms with Gasteiger partial charge in [0.1, 0.15) is 35.6 Å². The molecule has 3 saturated heterocycles. The van der Waals surface area contributed by atoms with Crippen molar-refractivity contribution in [2.75, 3.05) is 41.0 Å². The van der Waals surface area contributed by atoms with Gasteiger partial charge in [-0.2, -0.15) is 0 Å². The van der Waals surface area contributed by atoms with E-state index in [1.165, 1.54) is 21.3 Å². The third-order valence-electron chi connectivity index (χ3n) is 18.9. The molecule has 5 aromatic carbocycles. The van der Waals surface area contributed by atoms with E-state index in [2.05, 4.69) is 221 Å². The first kappa shape index (κ1) is 78.7. The fourth-order valence-corrected chi connectivity index (χ4v) is 13.9. The Labute approximate surface area is 636 Å². The van der Waals surface area contributed by atoms with Crippen LogP contribution in [0.3, 0.4) is 0 Å². The summed E-state index contributed by atoms with van der Waals surface area (Å²) in [6.45, 7) is 23.7. The van der Waals surface area contributed by atoms with Gasteiger partial charge < -0.3 is 59.8 Å². The Morgan fingerprint density at radius 3 is 1.04 bits per heavy atom. The maximum absolute atomic E-state index is 13.8. The molecule has 101 heavy (non-hydrogen) atoms. The Morgan fingerprint density at radius 1 is 0.455 bits per heavy atom. The zero-order valence-corrected chi connectivity index (χ0v) is 69.6. The Hall–Kier alpha value is -6.39. The van der Waals surface area contributed by atoms with Crippen molar-refractivity contribution < 1.29 is 43.0 Å². The van der Waals surface area contributed by atoms with E-state index in [1.807, 2.05) is 88.3 Å². The minimum atomic E-state index is -0.702. The molecule has 9 atom stereocenters. The second-order valence-electron chi connectivity index (χ2n) is 27.6. The Morgan fingerprint density at radius 2 is 0.733 bits per heavy atom. The molecule has 3 aromatic heterocycles. The second-order valence-corrected chi connectivity index (χ2v) is 77.2. The zero-order valence-electron chi connectivity index (χ0n) is 59.4. The third-order valence-corrected chi connectivity index (χ3v) is 19.4. The summed E-state index contributed by atoms with van der Waals surface area (Å²) in [5, 5.41) is 8.16. The second kappa shape index (κ2) is 35.4. The predicted molar refractivity (Wildman–Crippen MR) is 434 cm³/mol. The molecule has 3 aliphatic rings. The molecule has 26 heteroatoms. The van der Waals surface area contributed by atoms with E-state index >= 15 is 0 Å². The van der Waals surface area contributed by atoms with Crippen LogP contribution in [0.4, 0.5) is 14.4 Å². The van der Waals surface area contributed by atoms with Crippen molar-refractivity contribution in [3.63, 3.8) is 0 Å². The first-order valence-corrected chi connectivity index (χ1v) is 53.6. The van der Waals surface area contributed by atoms with Gasteiger partial charge in [-0.3, -0.25) is 14.4 Å². The van der Waals surface area contributed by atoms with Crippen molar-refractivity contribution in [2.24, 2.45) is 35.5 Å². The van der Waals surface area contributed by atoms with Crippen LogP contribution in [0, 0.1) is 49.4 Å². The molecule has 21 nitrogen and oxygen atoms in total. The summed E-state index contributed by atoms with van der Waals surface area (Å²) < 4.78 is 15.4. The van der Waals surface area contributed by atoms with Crippen molar-refractivity contribution in [3.8, 4) is 55.9 Å². The normalized spacial score (nSPS) is 19.1. The molecular formula is C75H91BrI4N12O9. The van der Waals surface area contributed by atoms with Crippen molar-refractivity contribution in [2.45, 2.75) is 132 Å². The maximum atomic E-state index is 13.8. The van der Waals surface area contributed by atoms with E-state index in [4.69, 9.17) is 29.2 Å². The average molecular weight is 1890 g/mol. The summed E-state index contributed by atoms with van der Waals surface area (Å²) in [4.78, 5) is 108. The minimum absolute atomic E-state index is 0.0775. The molecule has 6 amide bonds. The standard InChI is InChI=1S/C47H58N8O6.C28H33BrN4O3.I4/c1-25(2)39(52-46(58)60-8)44(56)54-23-27(5)20-37(54)42-48-29(7)41(51-42)33-16-14-31(15-17-33)30-10-12-32(13-11-30)34-18-19-35-36(22-34)50-43(49-35)38-21-28(6)24-55(38)45(57)40(26(3)4)53-47(59)61-9;1-16(2)24(32-28(35)36-5)27(34)33-15-17(3)14-23(33)26-30-18(4)25(31-26)21-8-6-19(7-9-21)20-10-12-22(29)13-11-20;1-4(2)3/h10-19,22,25-28,37-40H,20-21,23-24H2,1-9H3,(H,48,51)(H,49,50)(H,52,58)(H,53,59);6-13,16-17,23-24H,14-15H2,1-5H3,(H,30,31)(H,32,35);/t27-,28-,37-,38-,39-,40-;17-,23-,24-;/m00./s1. The monoisotopic (exact) mass is 1890 g/mol. The predicted octanol–water partition coefficient (Wildman–Crippen LogP) is 17.8. The van der Waals surface area contributed by atoms with Crippen LogP contribution in [0.15, 0.2) is 120 Å². The van der Waals surface area contributed by atoms with Gasteiger partial charge in [0.25, 0.3) is 0 Å². The molecule has 3 aliphatic heterocycles. The number of alkyl carbamates (subject to hydrolysis) is 3. The van der Waals surface area contributed by atoms with Gasteiger partial charge in [-0.25, -0.2) is 29.3 Å². The summed E-state index contributed by atoms with van der Waals surface area (Å²) in [6, 6.07) is 36.9. The van der Waals surface area contributed by atoms with Gasteiger partial charge in [0.15, 0.2) is 0 Å². The van der Waals surface area contributed by atoms with Crippen molar-refractivity contribution in [1.29, 1.82) is 0 Å². The van der Waals surface area contributed by atoms with E-state index in [0.717, 1.165) is 120 Å². The van der Waals surface area contributed by atoms with Crippen molar-refractivity contribution in [1.82, 2.24) is 60.6 Å². The first-order chi connectivity index (χ1) is 48.0. The van der Waals surface area contributed by atoms with Crippen LogP contribution in [0.2, 0.25) is 0 Å². The molecule has 8 aromatic rings. The first-order valence-electron chi connectivity index (χ1n) is 33.9. The van der Waals surface area contributed by atoms with E-state index in [-0.39, 0.29) is 73.3 Å². The number of halogens is 5. The molecular weight excluding hydrogens is 1800 g/mol. The van der Waals surface area contributed by atoms with Crippen molar-refractivity contribution in [3.05, 3.63) is 149 Å². The number of benzene rings is 5. The number of aryl methyl sites for hydroxylation is 2. The number of hydrogen-bond donors (Lipinski definition) is 6. The number of rotatable bonds is 17. The van der Waals surface area contributed by atoms with Crippen LogP contribution in [-0.4, -0.2) is 140 Å². The molecule has 0 aliphatic carbocycles. The third kappa shape index (κ3) is 19.5. The summed E-state index contributed by atoms with van der Waals surface area (Å²) in [7, 11) is 3.54. The number of nitrogens with zero attached hydrogens (tertiary/aromatic N) is 6. The number of likely N-dealkylation sites (tertiary alicyclic amines) is 3. The number of aromatic amines is 3. The molecule has 0 bridgehead atoms. The summed E-state index contributed by atoms with van der Waals surface area (Å²) in [5.74, 6) is 2.43. The van der Waals surface area contributed by atoms with E-state index in [0.29, 0.717) is 25.6 Å². The Kier molecular flexibility index (Phi) is 27.6. The van der Waals surface area contributed by atoms with Gasteiger partial charge in [-0.05, 0) is 126 Å². The molecule has 0 radical (unpaired) electrons. The molecule has 0 unspecified atom stereocenters. The molecule has 0 spiro atoms. The molecule has 6 N–H and O–H groups in total. The number of imidazole rings is 3. The molecule has 0 saturated carbocycles. The number of carbonyl (C=O) groups is 6. The van der Waals surface area contributed by atoms with Gasteiger partial charge in [0, 0.05) is 46.6 Å². The van der Waals surface area contributed by atoms with Crippen LogP contribution in [-0.2, 0) is 28.6 Å². The fraction of sp³-hybridized carbons (Fsp3) is 0.427. The van der Waals surface area contributed by atoms with Crippen LogP contribution in [0.5, 0.6) is 0 Å². The topological polar surface area (TPSA) is 262 Å². The van der Waals surface area contributed by atoms with Gasteiger partial charge in [-0.15, -0.1) is 0 Å². The van der Waals surface area contributed by atoms with Crippen LogP contribution in [0.25, 0.3) is 66.9 Å².